The molecule has 1 aliphatic heterocycles. The second-order valence-corrected chi connectivity index (χ2v) is 10.3. The number of ether oxygens (including phenoxy) is 1. The number of piperidine rings is 1. The molecule has 3 heterocycles. The Bertz CT molecular complexity index is 1500. The van der Waals surface area contributed by atoms with Gasteiger partial charge in [0.05, 0.1) is 10.7 Å². The fourth-order valence-electron chi connectivity index (χ4n) is 4.33. The molecular weight excluding hydrogens is 536 g/mol. The summed E-state index contributed by atoms with van der Waals surface area (Å²) in [5.41, 5.74) is 0.801. The summed E-state index contributed by atoms with van der Waals surface area (Å²) >= 11 is 1.37. The Balaban J connectivity index is 1.41. The largest absolute Gasteiger partial charge is 0.437 e. The average molecular weight is 561 g/mol. The van der Waals surface area contributed by atoms with Gasteiger partial charge in [0.15, 0.2) is 0 Å². The first-order valence-electron chi connectivity index (χ1n) is 12.1. The molecule has 2 aromatic heterocycles. The lowest BCUT2D eigenvalue weighted by molar-refractivity contribution is -0.150. The third-order valence-corrected chi connectivity index (χ3v) is 6.92. The Kier molecular flexibility index (Phi) is 7.62. The number of aryl methyl sites for hydroxylation is 1. The van der Waals surface area contributed by atoms with Crippen LogP contribution in [0.1, 0.15) is 17.8 Å². The van der Waals surface area contributed by atoms with E-state index < -0.39 is 24.7 Å². The Hall–Kier alpha value is -3.84. The molecule has 0 spiro atoms. The topological polar surface area (TPSA) is 101 Å². The molecule has 1 aliphatic rings. The summed E-state index contributed by atoms with van der Waals surface area (Å²) in [7, 11) is 0. The number of rotatable bonds is 7. The number of hydrogen-bond acceptors (Lipinski definition) is 8. The Morgan fingerprint density at radius 3 is 2.69 bits per heavy atom. The van der Waals surface area contributed by atoms with E-state index in [2.05, 4.69) is 30.9 Å². The van der Waals surface area contributed by atoms with Gasteiger partial charge in [0.25, 0.3) is 0 Å². The maximum Gasteiger partial charge on any atom is 0.397 e. The molecule has 0 unspecified atom stereocenters. The highest BCUT2D eigenvalue weighted by atomic mass is 32.1. The normalized spacial score (nSPS) is 17.7. The van der Waals surface area contributed by atoms with Gasteiger partial charge in [-0.3, -0.25) is 4.79 Å². The van der Waals surface area contributed by atoms with Crippen LogP contribution >= 0.6 is 11.3 Å². The first-order chi connectivity index (χ1) is 18.6. The maximum atomic E-state index is 13.8. The van der Waals surface area contributed by atoms with E-state index >= 15 is 0 Å². The van der Waals surface area contributed by atoms with Crippen LogP contribution in [0, 0.1) is 6.92 Å². The Morgan fingerprint density at radius 2 is 1.92 bits per heavy atom. The van der Waals surface area contributed by atoms with E-state index in [0.717, 1.165) is 5.01 Å². The molecule has 39 heavy (non-hydrogen) atoms. The van der Waals surface area contributed by atoms with E-state index in [1.165, 1.54) is 17.4 Å². The number of aromatic nitrogens is 3. The van der Waals surface area contributed by atoms with Crippen LogP contribution in [0.25, 0.3) is 21.3 Å². The fraction of sp³-hybridized carbons (Fsp3) is 0.308. The van der Waals surface area contributed by atoms with Crippen LogP contribution in [0.2, 0.25) is 0 Å². The number of benzene rings is 2. The fourth-order valence-corrected chi connectivity index (χ4v) is 5.14. The van der Waals surface area contributed by atoms with Crippen molar-refractivity contribution < 1.29 is 27.1 Å². The van der Waals surface area contributed by atoms with Crippen molar-refractivity contribution in [1.82, 2.24) is 20.3 Å². The quantitative estimate of drug-likeness (QED) is 0.244. The number of carbonyl (C=O) groups excluding carboxylic acids is 1. The number of fused-ring (bicyclic) bond motifs is 1. The summed E-state index contributed by atoms with van der Waals surface area (Å²) in [6.07, 6.45) is -5.18. The van der Waals surface area contributed by atoms with Gasteiger partial charge in [-0.2, -0.15) is 13.2 Å². The summed E-state index contributed by atoms with van der Waals surface area (Å²) in [4.78, 5) is 25.9. The van der Waals surface area contributed by atoms with Gasteiger partial charge < -0.3 is 20.7 Å². The number of carbonyl (C=O) groups is 1. The number of alkyl halides is 4. The Morgan fingerprint density at radius 1 is 1.13 bits per heavy atom. The molecule has 0 aliphatic carbocycles. The number of anilines is 2. The predicted octanol–water partition coefficient (Wildman–Crippen LogP) is 5.86. The third-order valence-electron chi connectivity index (χ3n) is 5.95. The van der Waals surface area contributed by atoms with Crippen molar-refractivity contribution in [3.05, 3.63) is 53.7 Å². The van der Waals surface area contributed by atoms with Gasteiger partial charge in [-0.15, -0.1) is 11.3 Å². The van der Waals surface area contributed by atoms with Crippen molar-refractivity contribution in [2.24, 2.45) is 0 Å². The number of thiazole rings is 1. The van der Waals surface area contributed by atoms with E-state index in [-0.39, 0.29) is 11.7 Å². The van der Waals surface area contributed by atoms with Gasteiger partial charge in [0, 0.05) is 48.2 Å². The number of hydrogen-bond donors (Lipinski definition) is 3. The molecule has 4 aromatic rings. The molecule has 1 amide bonds. The minimum Gasteiger partial charge on any atom is -0.437 e. The van der Waals surface area contributed by atoms with Crippen molar-refractivity contribution >= 4 is 39.7 Å². The smallest absolute Gasteiger partial charge is 0.397 e. The SMILES string of the molecule is Cc1nc(Oc2ccc(NC(=O)CC(F)(F)F)c3ccccc23)c(-c2ccnc(N[C@@H]3CNC[C@@H](F)C3)n2)s1. The first kappa shape index (κ1) is 26.8. The van der Waals surface area contributed by atoms with Gasteiger partial charge in [-0.25, -0.2) is 19.3 Å². The summed E-state index contributed by atoms with van der Waals surface area (Å²) in [5, 5.41) is 10.4. The number of nitrogens with zero attached hydrogens (tertiary/aromatic N) is 3. The van der Waals surface area contributed by atoms with Crippen molar-refractivity contribution in [3.63, 3.8) is 0 Å². The minimum absolute atomic E-state index is 0.149. The average Bonchev–Trinajstić information content (AvgIpc) is 3.24. The van der Waals surface area contributed by atoms with Crippen LogP contribution in [0.15, 0.2) is 48.7 Å². The van der Waals surface area contributed by atoms with Crippen molar-refractivity contribution in [1.29, 1.82) is 0 Å². The van der Waals surface area contributed by atoms with Gasteiger partial charge >= 0.3 is 6.18 Å². The molecule has 13 heteroatoms. The van der Waals surface area contributed by atoms with Crippen LogP contribution in [-0.4, -0.2) is 52.3 Å². The monoisotopic (exact) mass is 560 g/mol. The van der Waals surface area contributed by atoms with Crippen LogP contribution in [-0.2, 0) is 4.79 Å². The van der Waals surface area contributed by atoms with Crippen molar-refractivity contribution in [3.8, 4) is 22.2 Å². The maximum absolute atomic E-state index is 13.8. The van der Waals surface area contributed by atoms with Crippen molar-refractivity contribution in [2.45, 2.75) is 38.2 Å². The lowest BCUT2D eigenvalue weighted by Gasteiger charge is -2.26. The van der Waals surface area contributed by atoms with E-state index in [9.17, 15) is 22.4 Å². The molecule has 8 nitrogen and oxygen atoms in total. The summed E-state index contributed by atoms with van der Waals surface area (Å²) in [6.45, 7) is 2.76. The van der Waals surface area contributed by atoms with Crippen molar-refractivity contribution in [2.75, 3.05) is 23.7 Å². The van der Waals surface area contributed by atoms with E-state index in [4.69, 9.17) is 4.74 Å². The number of halogens is 4. The highest BCUT2D eigenvalue weighted by Gasteiger charge is 2.31. The molecule has 2 atom stereocenters. The highest BCUT2D eigenvalue weighted by molar-refractivity contribution is 7.15. The summed E-state index contributed by atoms with van der Waals surface area (Å²) in [5.74, 6) is -0.0993. The lowest BCUT2D eigenvalue weighted by Crippen LogP contribution is -2.44. The second kappa shape index (κ2) is 11.1. The molecule has 0 saturated carbocycles. The zero-order valence-corrected chi connectivity index (χ0v) is 21.5. The van der Waals surface area contributed by atoms with Crippen LogP contribution in [0.5, 0.6) is 11.6 Å². The van der Waals surface area contributed by atoms with Gasteiger partial charge in [-0.1, -0.05) is 24.3 Å². The standard InChI is InChI=1S/C26H24F4N6O2S/c1-14-33-24(23(39-14)20-8-9-32-25(36-20)34-16-10-15(27)12-31-13-16)38-21-7-6-19(17-4-2-3-5-18(17)21)35-22(37)11-26(28,29)30/h2-9,15-16,31H,10-13H2,1H3,(H,35,37)(H,32,34,36)/t15-,16-/m0/s1. The molecule has 1 fully saturated rings. The van der Waals surface area contributed by atoms with Gasteiger partial charge in [0.1, 0.15) is 23.2 Å². The number of amides is 1. The van der Waals surface area contributed by atoms with E-state index in [1.54, 1.807) is 42.6 Å². The molecule has 3 N–H and O–H groups in total. The molecule has 0 bridgehead atoms. The first-order valence-corrected chi connectivity index (χ1v) is 12.9. The molecule has 1 saturated heterocycles. The molecule has 0 radical (unpaired) electrons. The van der Waals surface area contributed by atoms with Gasteiger partial charge in [-0.05, 0) is 25.1 Å². The zero-order valence-electron chi connectivity index (χ0n) is 20.7. The van der Waals surface area contributed by atoms with E-state index in [1.807, 2.05) is 6.92 Å². The molecular formula is C26H24F4N6O2S. The van der Waals surface area contributed by atoms with Crippen LogP contribution in [0.3, 0.4) is 0 Å². The molecule has 204 valence electrons. The summed E-state index contributed by atoms with van der Waals surface area (Å²) in [6, 6.07) is 11.5. The van der Waals surface area contributed by atoms with E-state index in [0.29, 0.717) is 58.4 Å². The summed E-state index contributed by atoms with van der Waals surface area (Å²) < 4.78 is 57.9. The predicted molar refractivity (Wildman–Crippen MR) is 141 cm³/mol. The number of nitrogens with one attached hydrogen (secondary N) is 3. The van der Waals surface area contributed by atoms with Gasteiger partial charge in [0.2, 0.25) is 17.7 Å². The van der Waals surface area contributed by atoms with Crippen LogP contribution < -0.4 is 20.7 Å². The lowest BCUT2D eigenvalue weighted by atomic mass is 10.1. The van der Waals surface area contributed by atoms with Crippen LogP contribution in [0.4, 0.5) is 29.2 Å². The zero-order chi connectivity index (χ0) is 27.6. The Labute approximate surface area is 224 Å². The molecule has 2 aromatic carbocycles. The minimum atomic E-state index is -4.61. The molecule has 5 rings (SSSR count). The second-order valence-electron chi connectivity index (χ2n) is 9.06. The third kappa shape index (κ3) is 6.60. The highest BCUT2D eigenvalue weighted by Crippen LogP contribution is 2.40.